The van der Waals surface area contributed by atoms with E-state index >= 15 is 0 Å². The van der Waals surface area contributed by atoms with Gasteiger partial charge in [-0.1, -0.05) is 13.8 Å². The Morgan fingerprint density at radius 2 is 1.89 bits per heavy atom. The van der Waals surface area contributed by atoms with Crippen LogP contribution in [0.4, 0.5) is 0 Å². The van der Waals surface area contributed by atoms with Gasteiger partial charge in [-0.2, -0.15) is 5.10 Å². The summed E-state index contributed by atoms with van der Waals surface area (Å²) in [6.45, 7) is 9.06. The Labute approximate surface area is 115 Å². The summed E-state index contributed by atoms with van der Waals surface area (Å²) in [5, 5.41) is 8.35. The van der Waals surface area contributed by atoms with Gasteiger partial charge >= 0.3 is 0 Å². The molecule has 1 fully saturated rings. The lowest BCUT2D eigenvalue weighted by Gasteiger charge is -2.32. The van der Waals surface area contributed by atoms with E-state index in [0.29, 0.717) is 18.3 Å². The molecule has 3 atom stereocenters. The van der Waals surface area contributed by atoms with Crippen molar-refractivity contribution in [3.63, 3.8) is 0 Å². The van der Waals surface area contributed by atoms with Crippen molar-refractivity contribution in [2.24, 2.45) is 17.6 Å². The van der Waals surface area contributed by atoms with E-state index in [1.807, 2.05) is 13.8 Å². The van der Waals surface area contributed by atoms with E-state index in [2.05, 4.69) is 24.0 Å². The highest BCUT2D eigenvalue weighted by atomic mass is 16.5. The molecule has 0 radical (unpaired) electrons. The van der Waals surface area contributed by atoms with Crippen LogP contribution < -0.4 is 10.5 Å². The van der Waals surface area contributed by atoms with Crippen LogP contribution in [0.25, 0.3) is 0 Å². The zero-order valence-electron chi connectivity index (χ0n) is 12.4. The number of aromatic nitrogens is 2. The third-order valence-corrected chi connectivity index (χ3v) is 4.58. The number of aryl methyl sites for hydroxylation is 1. The molecular formula is C15H25N3O. The van der Waals surface area contributed by atoms with Crippen molar-refractivity contribution in [3.8, 4) is 5.88 Å². The normalized spacial score (nSPS) is 27.3. The largest absolute Gasteiger partial charge is 0.473 e. The van der Waals surface area contributed by atoms with Crippen LogP contribution in [-0.4, -0.2) is 16.3 Å². The van der Waals surface area contributed by atoms with E-state index in [0.717, 1.165) is 35.6 Å². The molecule has 3 unspecified atom stereocenters. The number of ether oxygens (including phenoxy) is 1. The summed E-state index contributed by atoms with van der Waals surface area (Å²) >= 11 is 0. The van der Waals surface area contributed by atoms with Crippen molar-refractivity contribution < 1.29 is 4.74 Å². The van der Waals surface area contributed by atoms with Crippen molar-refractivity contribution in [2.75, 3.05) is 0 Å². The predicted octanol–water partition coefficient (Wildman–Crippen LogP) is 2.76. The summed E-state index contributed by atoms with van der Waals surface area (Å²) in [7, 11) is 0. The maximum absolute atomic E-state index is 6.08. The third kappa shape index (κ3) is 3.06. The summed E-state index contributed by atoms with van der Waals surface area (Å²) in [6, 6.07) is 0. The molecule has 1 aromatic heterocycles. The molecule has 19 heavy (non-hydrogen) atoms. The summed E-state index contributed by atoms with van der Waals surface area (Å²) in [6.07, 6.45) is 3.68. The highest BCUT2D eigenvalue weighted by molar-refractivity contribution is 5.35. The fourth-order valence-electron chi connectivity index (χ4n) is 2.73. The van der Waals surface area contributed by atoms with E-state index in [1.165, 1.54) is 6.42 Å². The minimum atomic E-state index is 0.257. The van der Waals surface area contributed by atoms with Gasteiger partial charge in [0.25, 0.3) is 0 Å². The number of nitrogens with zero attached hydrogens (tertiary/aromatic N) is 2. The molecule has 0 spiro atoms. The Morgan fingerprint density at radius 1 is 1.16 bits per heavy atom. The van der Waals surface area contributed by atoms with Gasteiger partial charge < -0.3 is 10.5 Å². The van der Waals surface area contributed by atoms with E-state index in [-0.39, 0.29) is 6.10 Å². The lowest BCUT2D eigenvalue weighted by atomic mass is 9.80. The van der Waals surface area contributed by atoms with Crippen LogP contribution in [0.5, 0.6) is 5.88 Å². The minimum absolute atomic E-state index is 0.257. The first-order chi connectivity index (χ1) is 9.02. The third-order valence-electron chi connectivity index (χ3n) is 4.58. The van der Waals surface area contributed by atoms with Gasteiger partial charge in [0.1, 0.15) is 6.10 Å². The number of hydrogen-bond donors (Lipinski definition) is 1. The van der Waals surface area contributed by atoms with Gasteiger partial charge in [-0.3, -0.25) is 0 Å². The van der Waals surface area contributed by atoms with Crippen LogP contribution in [0.15, 0.2) is 0 Å². The topological polar surface area (TPSA) is 61.0 Å². The van der Waals surface area contributed by atoms with Crippen molar-refractivity contribution in [1.82, 2.24) is 10.2 Å². The molecule has 0 bridgehead atoms. The van der Waals surface area contributed by atoms with Crippen LogP contribution in [0.3, 0.4) is 0 Å². The molecule has 1 heterocycles. The molecule has 0 saturated heterocycles. The van der Waals surface area contributed by atoms with Crippen molar-refractivity contribution >= 4 is 0 Å². The summed E-state index contributed by atoms with van der Waals surface area (Å²) < 4.78 is 6.08. The first kappa shape index (κ1) is 14.3. The van der Waals surface area contributed by atoms with Crippen LogP contribution in [-0.2, 0) is 6.54 Å². The molecule has 1 saturated carbocycles. The number of rotatable bonds is 3. The number of nitrogens with two attached hydrogens (primary N) is 1. The lowest BCUT2D eigenvalue weighted by molar-refractivity contribution is 0.0943. The van der Waals surface area contributed by atoms with Crippen molar-refractivity contribution in [1.29, 1.82) is 0 Å². The van der Waals surface area contributed by atoms with Crippen LogP contribution >= 0.6 is 0 Å². The van der Waals surface area contributed by atoms with E-state index in [1.54, 1.807) is 0 Å². The molecule has 0 aromatic carbocycles. The summed E-state index contributed by atoms with van der Waals surface area (Å²) in [5.74, 6) is 2.14. The Balaban J connectivity index is 2.13. The molecule has 4 heteroatoms. The van der Waals surface area contributed by atoms with Gasteiger partial charge in [0.15, 0.2) is 0 Å². The van der Waals surface area contributed by atoms with Gasteiger partial charge in [0.05, 0.1) is 5.69 Å². The molecule has 1 aliphatic rings. The SMILES string of the molecule is Cc1nnc(OC2CCC(C)C(C)C2)c(CN)c1C. The smallest absolute Gasteiger partial charge is 0.238 e. The maximum atomic E-state index is 6.08. The average Bonchev–Trinajstić information content (AvgIpc) is 2.39. The predicted molar refractivity (Wildman–Crippen MR) is 76.0 cm³/mol. The van der Waals surface area contributed by atoms with Crippen LogP contribution in [0, 0.1) is 25.7 Å². The first-order valence-corrected chi connectivity index (χ1v) is 7.22. The molecule has 1 aliphatic carbocycles. The van der Waals surface area contributed by atoms with Gasteiger partial charge in [-0.25, -0.2) is 0 Å². The number of hydrogen-bond acceptors (Lipinski definition) is 4. The average molecular weight is 263 g/mol. The molecule has 1 aromatic rings. The quantitative estimate of drug-likeness (QED) is 0.911. The van der Waals surface area contributed by atoms with Crippen molar-refractivity contribution in [2.45, 2.75) is 59.6 Å². The monoisotopic (exact) mass is 263 g/mol. The van der Waals surface area contributed by atoms with E-state index in [9.17, 15) is 0 Å². The second-order valence-electron chi connectivity index (χ2n) is 5.91. The highest BCUT2D eigenvalue weighted by Gasteiger charge is 2.27. The van der Waals surface area contributed by atoms with Gasteiger partial charge in [-0.05, 0) is 50.5 Å². The first-order valence-electron chi connectivity index (χ1n) is 7.22. The molecular weight excluding hydrogens is 238 g/mol. The zero-order chi connectivity index (χ0) is 14.0. The van der Waals surface area contributed by atoms with Crippen LogP contribution in [0.2, 0.25) is 0 Å². The Hall–Kier alpha value is -1.16. The zero-order valence-corrected chi connectivity index (χ0v) is 12.4. The molecule has 0 amide bonds. The second-order valence-corrected chi connectivity index (χ2v) is 5.91. The molecule has 4 nitrogen and oxygen atoms in total. The maximum Gasteiger partial charge on any atom is 0.238 e. The molecule has 106 valence electrons. The lowest BCUT2D eigenvalue weighted by Crippen LogP contribution is -2.29. The Kier molecular flexibility index (Phi) is 4.40. The Morgan fingerprint density at radius 3 is 2.53 bits per heavy atom. The van der Waals surface area contributed by atoms with E-state index < -0.39 is 0 Å². The standard InChI is InChI=1S/C15H25N3O/c1-9-5-6-13(7-10(9)2)19-15-14(8-16)11(3)12(4)17-18-15/h9-10,13H,5-8,16H2,1-4H3. The molecule has 2 rings (SSSR count). The van der Waals surface area contributed by atoms with Crippen molar-refractivity contribution in [3.05, 3.63) is 16.8 Å². The Bertz CT molecular complexity index is 447. The van der Waals surface area contributed by atoms with Gasteiger partial charge in [-0.15, -0.1) is 5.10 Å². The molecule has 2 N–H and O–H groups in total. The molecule has 0 aliphatic heterocycles. The van der Waals surface area contributed by atoms with Crippen LogP contribution in [0.1, 0.15) is 49.9 Å². The minimum Gasteiger partial charge on any atom is -0.473 e. The van der Waals surface area contributed by atoms with Gasteiger partial charge in [0.2, 0.25) is 5.88 Å². The fraction of sp³-hybridized carbons (Fsp3) is 0.733. The summed E-state index contributed by atoms with van der Waals surface area (Å²) in [4.78, 5) is 0. The summed E-state index contributed by atoms with van der Waals surface area (Å²) in [5.41, 5.74) is 8.86. The van der Waals surface area contributed by atoms with E-state index in [4.69, 9.17) is 10.5 Å². The second kappa shape index (κ2) is 5.87. The van der Waals surface area contributed by atoms with Gasteiger partial charge in [0, 0.05) is 12.1 Å². The fourth-order valence-corrected chi connectivity index (χ4v) is 2.73. The highest BCUT2D eigenvalue weighted by Crippen LogP contribution is 2.32.